The zero-order valence-corrected chi connectivity index (χ0v) is 11.8. The third-order valence-corrected chi connectivity index (χ3v) is 4.08. The topological polar surface area (TPSA) is 52.4 Å². The first-order valence-electron chi connectivity index (χ1n) is 5.74. The standard InChI is InChI=1S/C13H12ClNO3S/c1-2-10-4-5-11(19-10)8-18-13-7-9(15(16)17)3-6-12(13)14/h3-7H,2,8H2,1H3. The average molecular weight is 298 g/mol. The van der Waals surface area contributed by atoms with Crippen LogP contribution in [-0.2, 0) is 13.0 Å². The van der Waals surface area contributed by atoms with Crippen LogP contribution in [0.2, 0.25) is 5.02 Å². The Morgan fingerprint density at radius 2 is 2.05 bits per heavy atom. The summed E-state index contributed by atoms with van der Waals surface area (Å²) < 4.78 is 5.55. The number of aryl methyl sites for hydroxylation is 1. The van der Waals surface area contributed by atoms with Crippen LogP contribution in [0.1, 0.15) is 16.7 Å². The van der Waals surface area contributed by atoms with Crippen LogP contribution in [0.25, 0.3) is 0 Å². The first kappa shape index (κ1) is 13.8. The minimum absolute atomic E-state index is 0.0279. The average Bonchev–Trinajstić information content (AvgIpc) is 2.85. The summed E-state index contributed by atoms with van der Waals surface area (Å²) in [6, 6.07) is 8.22. The van der Waals surface area contributed by atoms with Crippen LogP contribution in [0.3, 0.4) is 0 Å². The lowest BCUT2D eigenvalue weighted by Gasteiger charge is -2.06. The highest BCUT2D eigenvalue weighted by molar-refractivity contribution is 7.11. The molecule has 4 nitrogen and oxygen atoms in total. The molecular formula is C13H12ClNO3S. The summed E-state index contributed by atoms with van der Waals surface area (Å²) >= 11 is 7.62. The highest BCUT2D eigenvalue weighted by Crippen LogP contribution is 2.30. The SMILES string of the molecule is CCc1ccc(COc2cc([N+](=O)[O-])ccc2Cl)s1. The molecule has 2 rings (SSSR count). The van der Waals surface area contributed by atoms with Crippen molar-refractivity contribution in [3.05, 3.63) is 55.2 Å². The van der Waals surface area contributed by atoms with E-state index in [0.717, 1.165) is 11.3 Å². The van der Waals surface area contributed by atoms with E-state index in [2.05, 4.69) is 13.0 Å². The lowest BCUT2D eigenvalue weighted by atomic mass is 10.3. The van der Waals surface area contributed by atoms with Crippen molar-refractivity contribution in [2.75, 3.05) is 0 Å². The van der Waals surface area contributed by atoms with E-state index < -0.39 is 4.92 Å². The maximum atomic E-state index is 10.7. The number of nitro benzene ring substituents is 1. The van der Waals surface area contributed by atoms with Crippen LogP contribution in [0.4, 0.5) is 5.69 Å². The summed E-state index contributed by atoms with van der Waals surface area (Å²) in [5.41, 5.74) is -0.0279. The fourth-order valence-corrected chi connectivity index (χ4v) is 2.60. The van der Waals surface area contributed by atoms with Gasteiger partial charge in [-0.05, 0) is 24.6 Å². The Kier molecular flexibility index (Phi) is 4.39. The van der Waals surface area contributed by atoms with E-state index in [9.17, 15) is 10.1 Å². The van der Waals surface area contributed by atoms with Gasteiger partial charge in [0, 0.05) is 15.8 Å². The molecule has 6 heteroatoms. The molecule has 0 saturated heterocycles. The monoisotopic (exact) mass is 297 g/mol. The Labute approximate surface area is 119 Å². The number of nitro groups is 1. The lowest BCUT2D eigenvalue weighted by molar-refractivity contribution is -0.384. The van der Waals surface area contributed by atoms with Gasteiger partial charge in [-0.15, -0.1) is 11.3 Å². The maximum Gasteiger partial charge on any atom is 0.273 e. The summed E-state index contributed by atoms with van der Waals surface area (Å²) in [5, 5.41) is 11.1. The Hall–Kier alpha value is -1.59. The van der Waals surface area contributed by atoms with Crippen molar-refractivity contribution in [1.82, 2.24) is 0 Å². The van der Waals surface area contributed by atoms with Gasteiger partial charge in [0.25, 0.3) is 5.69 Å². The van der Waals surface area contributed by atoms with E-state index in [0.29, 0.717) is 17.4 Å². The van der Waals surface area contributed by atoms with Gasteiger partial charge in [-0.25, -0.2) is 0 Å². The highest BCUT2D eigenvalue weighted by Gasteiger charge is 2.11. The number of halogens is 1. The van der Waals surface area contributed by atoms with Crippen molar-refractivity contribution in [1.29, 1.82) is 0 Å². The van der Waals surface area contributed by atoms with Gasteiger partial charge in [0.1, 0.15) is 12.4 Å². The Balaban J connectivity index is 2.10. The predicted molar refractivity (Wildman–Crippen MR) is 76.1 cm³/mol. The molecule has 0 saturated carbocycles. The molecule has 1 aromatic heterocycles. The molecule has 0 radical (unpaired) electrons. The molecule has 0 unspecified atom stereocenters. The van der Waals surface area contributed by atoms with E-state index >= 15 is 0 Å². The van der Waals surface area contributed by atoms with Gasteiger partial charge >= 0.3 is 0 Å². The number of hydrogen-bond acceptors (Lipinski definition) is 4. The molecule has 0 spiro atoms. The summed E-state index contributed by atoms with van der Waals surface area (Å²) in [5.74, 6) is 0.335. The molecular weight excluding hydrogens is 286 g/mol. The second kappa shape index (κ2) is 6.04. The lowest BCUT2D eigenvalue weighted by Crippen LogP contribution is -1.95. The molecule has 0 fully saturated rings. The molecule has 0 amide bonds. The number of thiophene rings is 1. The van der Waals surface area contributed by atoms with Gasteiger partial charge in [0.15, 0.2) is 0 Å². The third kappa shape index (κ3) is 3.45. The van der Waals surface area contributed by atoms with Crippen molar-refractivity contribution in [3.63, 3.8) is 0 Å². The van der Waals surface area contributed by atoms with Crippen molar-refractivity contribution >= 4 is 28.6 Å². The number of hydrogen-bond donors (Lipinski definition) is 0. The fraction of sp³-hybridized carbons (Fsp3) is 0.231. The van der Waals surface area contributed by atoms with Crippen LogP contribution in [0, 0.1) is 10.1 Å². The number of rotatable bonds is 5. The van der Waals surface area contributed by atoms with Crippen LogP contribution >= 0.6 is 22.9 Å². The molecule has 0 aliphatic rings. The largest absolute Gasteiger partial charge is 0.486 e. The molecule has 2 aromatic rings. The molecule has 0 atom stereocenters. The van der Waals surface area contributed by atoms with Gasteiger partial charge in [-0.3, -0.25) is 10.1 Å². The predicted octanol–water partition coefficient (Wildman–Crippen LogP) is 4.45. The smallest absolute Gasteiger partial charge is 0.273 e. The molecule has 0 aliphatic heterocycles. The molecule has 19 heavy (non-hydrogen) atoms. The van der Waals surface area contributed by atoms with Crippen LogP contribution in [-0.4, -0.2) is 4.92 Å². The number of non-ortho nitro benzene ring substituents is 1. The van der Waals surface area contributed by atoms with E-state index in [4.69, 9.17) is 16.3 Å². The van der Waals surface area contributed by atoms with Crippen molar-refractivity contribution in [3.8, 4) is 5.75 Å². The van der Waals surface area contributed by atoms with Gasteiger partial charge in [-0.1, -0.05) is 18.5 Å². The zero-order chi connectivity index (χ0) is 13.8. The summed E-state index contributed by atoms with van der Waals surface area (Å²) in [7, 11) is 0. The molecule has 1 heterocycles. The van der Waals surface area contributed by atoms with Crippen LogP contribution in [0.15, 0.2) is 30.3 Å². The Morgan fingerprint density at radius 3 is 2.68 bits per heavy atom. The molecule has 100 valence electrons. The Morgan fingerprint density at radius 1 is 1.32 bits per heavy atom. The van der Waals surface area contributed by atoms with Gasteiger partial charge in [-0.2, -0.15) is 0 Å². The first-order valence-corrected chi connectivity index (χ1v) is 6.94. The number of nitrogens with zero attached hydrogens (tertiary/aromatic N) is 1. The highest BCUT2D eigenvalue weighted by atomic mass is 35.5. The summed E-state index contributed by atoms with van der Waals surface area (Å²) in [4.78, 5) is 12.6. The summed E-state index contributed by atoms with van der Waals surface area (Å²) in [6.45, 7) is 2.46. The normalized spacial score (nSPS) is 10.4. The Bertz CT molecular complexity index is 597. The quantitative estimate of drug-likeness (QED) is 0.605. The van der Waals surface area contributed by atoms with E-state index in [1.54, 1.807) is 11.3 Å². The van der Waals surface area contributed by atoms with Crippen molar-refractivity contribution in [2.45, 2.75) is 20.0 Å². The zero-order valence-electron chi connectivity index (χ0n) is 10.3. The van der Waals surface area contributed by atoms with E-state index in [-0.39, 0.29) is 5.69 Å². The molecule has 0 bridgehead atoms. The van der Waals surface area contributed by atoms with Crippen LogP contribution < -0.4 is 4.74 Å². The van der Waals surface area contributed by atoms with Gasteiger partial charge in [0.05, 0.1) is 16.0 Å². The molecule has 0 N–H and O–H groups in total. The summed E-state index contributed by atoms with van der Waals surface area (Å²) in [6.07, 6.45) is 0.988. The second-order valence-corrected chi connectivity index (χ2v) is 5.54. The number of ether oxygens (including phenoxy) is 1. The maximum absolute atomic E-state index is 10.7. The first-order chi connectivity index (χ1) is 9.10. The fourth-order valence-electron chi connectivity index (χ4n) is 1.56. The van der Waals surface area contributed by atoms with Gasteiger partial charge < -0.3 is 4.74 Å². The van der Waals surface area contributed by atoms with Crippen molar-refractivity contribution in [2.24, 2.45) is 0 Å². The van der Waals surface area contributed by atoms with Crippen LogP contribution in [0.5, 0.6) is 5.75 Å². The van der Waals surface area contributed by atoms with Crippen molar-refractivity contribution < 1.29 is 9.66 Å². The molecule has 1 aromatic carbocycles. The second-order valence-electron chi connectivity index (χ2n) is 3.88. The van der Waals surface area contributed by atoms with E-state index in [1.165, 1.54) is 23.1 Å². The van der Waals surface area contributed by atoms with Gasteiger partial charge in [0.2, 0.25) is 0 Å². The molecule has 0 aliphatic carbocycles. The number of benzene rings is 1. The minimum Gasteiger partial charge on any atom is -0.486 e. The van der Waals surface area contributed by atoms with E-state index in [1.807, 2.05) is 6.07 Å². The third-order valence-electron chi connectivity index (χ3n) is 2.56. The minimum atomic E-state index is -0.469.